The Balaban J connectivity index is 1.57. The Kier molecular flexibility index (Phi) is 4.99. The van der Waals surface area contributed by atoms with E-state index >= 15 is 0 Å². The topological polar surface area (TPSA) is 72.5 Å². The van der Waals surface area contributed by atoms with Gasteiger partial charge >= 0.3 is 5.97 Å². The number of esters is 1. The number of hydrogen-bond acceptors (Lipinski definition) is 5. The minimum absolute atomic E-state index is 0.00753. The number of carbonyl (C=O) groups excluding carboxylic acids is 3. The van der Waals surface area contributed by atoms with Crippen LogP contribution in [0.3, 0.4) is 0 Å². The molecule has 1 aromatic heterocycles. The van der Waals surface area contributed by atoms with Gasteiger partial charge in [-0.3, -0.25) is 9.59 Å². The zero-order chi connectivity index (χ0) is 18.0. The molecule has 0 bridgehead atoms. The van der Waals surface area contributed by atoms with E-state index in [1.165, 1.54) is 0 Å². The Bertz CT molecular complexity index is 836. The van der Waals surface area contributed by atoms with Crippen molar-refractivity contribution < 1.29 is 19.1 Å². The molecule has 0 unspecified atom stereocenters. The van der Waals surface area contributed by atoms with Crippen molar-refractivity contribution in [3.8, 4) is 0 Å². The summed E-state index contributed by atoms with van der Waals surface area (Å²) in [6.07, 6.45) is 1.85. The maximum atomic E-state index is 12.3. The van der Waals surface area contributed by atoms with Gasteiger partial charge in [-0.25, -0.2) is 4.79 Å². The maximum absolute atomic E-state index is 12.3. The van der Waals surface area contributed by atoms with Gasteiger partial charge in [-0.1, -0.05) is 17.7 Å². The van der Waals surface area contributed by atoms with Crippen LogP contribution in [0, 0.1) is 19.8 Å². The maximum Gasteiger partial charge on any atom is 0.348 e. The van der Waals surface area contributed by atoms with Gasteiger partial charge in [0.1, 0.15) is 4.88 Å². The minimum atomic E-state index is -0.560. The lowest BCUT2D eigenvalue weighted by atomic mass is 10.0. The van der Waals surface area contributed by atoms with Crippen molar-refractivity contribution in [1.82, 2.24) is 0 Å². The summed E-state index contributed by atoms with van der Waals surface area (Å²) >= 11 is 1.15. The van der Waals surface area contributed by atoms with Gasteiger partial charge in [-0.05, 0) is 50.5 Å². The molecule has 1 N–H and O–H groups in total. The van der Waals surface area contributed by atoms with Gasteiger partial charge in [0.2, 0.25) is 11.7 Å². The molecule has 2 aromatic rings. The van der Waals surface area contributed by atoms with Crippen molar-refractivity contribution in [2.45, 2.75) is 26.7 Å². The first-order chi connectivity index (χ1) is 11.9. The van der Waals surface area contributed by atoms with E-state index in [1.54, 1.807) is 18.2 Å². The van der Waals surface area contributed by atoms with Crippen molar-refractivity contribution in [3.05, 3.63) is 51.9 Å². The molecule has 5 nitrogen and oxygen atoms in total. The lowest BCUT2D eigenvalue weighted by Crippen LogP contribution is -2.14. The van der Waals surface area contributed by atoms with E-state index in [0.29, 0.717) is 15.4 Å². The summed E-state index contributed by atoms with van der Waals surface area (Å²) in [4.78, 5) is 36.4. The second kappa shape index (κ2) is 7.19. The average Bonchev–Trinajstić information content (AvgIpc) is 3.34. The lowest BCUT2D eigenvalue weighted by Gasteiger charge is -2.07. The molecule has 0 aliphatic heterocycles. The summed E-state index contributed by atoms with van der Waals surface area (Å²) < 4.78 is 5.13. The van der Waals surface area contributed by atoms with Crippen LogP contribution in [0.2, 0.25) is 0 Å². The summed E-state index contributed by atoms with van der Waals surface area (Å²) in [5, 5.41) is 3.40. The highest BCUT2D eigenvalue weighted by Crippen LogP contribution is 2.31. The fourth-order valence-corrected chi connectivity index (χ4v) is 3.20. The molecule has 0 spiro atoms. The molecule has 0 atom stereocenters. The molecule has 1 aliphatic carbocycles. The van der Waals surface area contributed by atoms with Crippen LogP contribution in [0.1, 0.15) is 44.0 Å². The highest BCUT2D eigenvalue weighted by atomic mass is 32.1. The van der Waals surface area contributed by atoms with Gasteiger partial charge in [0.15, 0.2) is 6.61 Å². The molecule has 1 aliphatic rings. The van der Waals surface area contributed by atoms with Gasteiger partial charge in [-0.15, -0.1) is 11.3 Å². The Morgan fingerprint density at radius 1 is 1.16 bits per heavy atom. The summed E-state index contributed by atoms with van der Waals surface area (Å²) in [7, 11) is 0. The van der Waals surface area contributed by atoms with Crippen LogP contribution in [0.5, 0.6) is 0 Å². The lowest BCUT2D eigenvalue weighted by molar-refractivity contribution is -0.117. The van der Waals surface area contributed by atoms with Gasteiger partial charge < -0.3 is 10.1 Å². The van der Waals surface area contributed by atoms with Crippen molar-refractivity contribution in [2.24, 2.45) is 5.92 Å². The average molecular weight is 357 g/mol. The Labute approximate surface area is 150 Å². The van der Waals surface area contributed by atoms with Gasteiger partial charge in [0.05, 0.1) is 5.00 Å². The van der Waals surface area contributed by atoms with E-state index in [2.05, 4.69) is 5.32 Å². The van der Waals surface area contributed by atoms with Crippen LogP contribution >= 0.6 is 11.3 Å². The molecule has 1 saturated carbocycles. The number of thiophene rings is 1. The standard InChI is InChI=1S/C19H19NO4S/c1-11-3-4-12(2)14(9-11)15(21)10-24-19(23)16-7-8-17(25-16)20-18(22)13-5-6-13/h3-4,7-9,13H,5-6,10H2,1-2H3,(H,20,22). The highest BCUT2D eigenvalue weighted by Gasteiger charge is 2.30. The minimum Gasteiger partial charge on any atom is -0.453 e. The first kappa shape index (κ1) is 17.4. The number of nitrogens with one attached hydrogen (secondary N) is 1. The number of Topliss-reactive ketones (excluding diaryl/α,β-unsaturated/α-hetero) is 1. The van der Waals surface area contributed by atoms with E-state index in [0.717, 1.165) is 35.3 Å². The molecule has 130 valence electrons. The molecule has 0 radical (unpaired) electrons. The summed E-state index contributed by atoms with van der Waals surface area (Å²) in [6.45, 7) is 3.46. The smallest absolute Gasteiger partial charge is 0.348 e. The van der Waals surface area contributed by atoms with E-state index in [9.17, 15) is 14.4 Å². The number of carbonyl (C=O) groups is 3. The quantitative estimate of drug-likeness (QED) is 0.631. The van der Waals surface area contributed by atoms with E-state index in [-0.39, 0.29) is 24.2 Å². The SMILES string of the molecule is Cc1ccc(C)c(C(=O)COC(=O)c2ccc(NC(=O)C3CC3)s2)c1. The van der Waals surface area contributed by atoms with Crippen LogP contribution in [0.15, 0.2) is 30.3 Å². The highest BCUT2D eigenvalue weighted by molar-refractivity contribution is 7.18. The predicted molar refractivity (Wildman–Crippen MR) is 96.2 cm³/mol. The van der Waals surface area contributed by atoms with Crippen LogP contribution in [0.25, 0.3) is 0 Å². The molecule has 1 amide bonds. The second-order valence-electron chi connectivity index (χ2n) is 6.25. The van der Waals surface area contributed by atoms with Crippen molar-refractivity contribution in [2.75, 3.05) is 11.9 Å². The molecular weight excluding hydrogens is 338 g/mol. The predicted octanol–water partition coefficient (Wildman–Crippen LogP) is 3.75. The summed E-state index contributed by atoms with van der Waals surface area (Å²) in [5.41, 5.74) is 2.40. The monoisotopic (exact) mass is 357 g/mol. The number of rotatable bonds is 6. The summed E-state index contributed by atoms with van der Waals surface area (Å²) in [6, 6.07) is 8.87. The normalized spacial score (nSPS) is 13.4. The Hall–Kier alpha value is -2.47. The molecular formula is C19H19NO4S. The first-order valence-corrected chi connectivity index (χ1v) is 8.94. The zero-order valence-corrected chi connectivity index (χ0v) is 14.9. The third-order valence-electron chi connectivity index (χ3n) is 4.03. The van der Waals surface area contributed by atoms with Crippen molar-refractivity contribution in [3.63, 3.8) is 0 Å². The number of anilines is 1. The van der Waals surface area contributed by atoms with E-state index in [1.807, 2.05) is 26.0 Å². The number of benzene rings is 1. The Morgan fingerprint density at radius 2 is 1.92 bits per heavy atom. The molecule has 1 aromatic carbocycles. The van der Waals surface area contributed by atoms with Gasteiger partial charge in [0.25, 0.3) is 0 Å². The van der Waals surface area contributed by atoms with Crippen molar-refractivity contribution >= 4 is 34.0 Å². The molecule has 25 heavy (non-hydrogen) atoms. The van der Waals surface area contributed by atoms with Crippen molar-refractivity contribution in [1.29, 1.82) is 0 Å². The third-order valence-corrected chi connectivity index (χ3v) is 5.01. The fourth-order valence-electron chi connectivity index (χ4n) is 2.40. The number of amides is 1. The number of aryl methyl sites for hydroxylation is 2. The van der Waals surface area contributed by atoms with Crippen LogP contribution in [-0.2, 0) is 9.53 Å². The van der Waals surface area contributed by atoms with Crippen LogP contribution in [0.4, 0.5) is 5.00 Å². The molecule has 3 rings (SSSR count). The molecule has 1 heterocycles. The molecule has 6 heteroatoms. The van der Waals surface area contributed by atoms with Crippen LogP contribution < -0.4 is 5.32 Å². The fraction of sp³-hybridized carbons (Fsp3) is 0.316. The number of ketones is 1. The largest absolute Gasteiger partial charge is 0.453 e. The number of ether oxygens (including phenoxy) is 1. The first-order valence-electron chi connectivity index (χ1n) is 8.12. The Morgan fingerprint density at radius 3 is 2.64 bits per heavy atom. The molecule has 0 saturated heterocycles. The zero-order valence-electron chi connectivity index (χ0n) is 14.1. The molecule has 1 fully saturated rings. The van der Waals surface area contributed by atoms with Crippen LogP contribution in [-0.4, -0.2) is 24.3 Å². The van der Waals surface area contributed by atoms with Gasteiger partial charge in [-0.2, -0.15) is 0 Å². The van der Waals surface area contributed by atoms with Gasteiger partial charge in [0, 0.05) is 11.5 Å². The third kappa shape index (κ3) is 4.33. The second-order valence-corrected chi connectivity index (χ2v) is 7.33. The number of hydrogen-bond donors (Lipinski definition) is 1. The van der Waals surface area contributed by atoms with E-state index < -0.39 is 5.97 Å². The van der Waals surface area contributed by atoms with E-state index in [4.69, 9.17) is 4.74 Å². The summed E-state index contributed by atoms with van der Waals surface area (Å²) in [5.74, 6) is -0.691.